The molecule has 1 saturated heterocycles. The number of nitrogens with one attached hydrogen (secondary N) is 1. The van der Waals surface area contributed by atoms with Gasteiger partial charge in [-0.15, -0.1) is 6.58 Å². The fraction of sp³-hybridized carbons (Fsp3) is 0.310. The molecule has 1 aromatic heterocycles. The van der Waals surface area contributed by atoms with E-state index >= 15 is 0 Å². The van der Waals surface area contributed by atoms with E-state index in [4.69, 9.17) is 9.47 Å². The number of hydrogen-bond donors (Lipinski definition) is 2. The van der Waals surface area contributed by atoms with Crippen LogP contribution in [-0.2, 0) is 26.5 Å². The Balaban J connectivity index is 1.35. The molecule has 10 nitrogen and oxygen atoms in total. The van der Waals surface area contributed by atoms with Crippen LogP contribution in [0.25, 0.3) is 16.6 Å². The summed E-state index contributed by atoms with van der Waals surface area (Å²) in [5.41, 5.74) is 1.77. The highest BCUT2D eigenvalue weighted by Crippen LogP contribution is 2.60. The molecule has 274 valence electrons. The van der Waals surface area contributed by atoms with Gasteiger partial charge >= 0.3 is 0 Å². The summed E-state index contributed by atoms with van der Waals surface area (Å²) in [5, 5.41) is 14.9. The molecule has 5 aromatic rings. The number of para-hydroxylation sites is 1. The third-order valence-corrected chi connectivity index (χ3v) is 15.7. The van der Waals surface area contributed by atoms with Crippen molar-refractivity contribution in [2.24, 2.45) is 5.92 Å². The van der Waals surface area contributed by atoms with E-state index in [1.54, 1.807) is 29.1 Å². The van der Waals surface area contributed by atoms with Crippen molar-refractivity contribution in [3.05, 3.63) is 131 Å². The minimum absolute atomic E-state index is 0.0292. The third-order valence-electron chi connectivity index (χ3n) is 11.3. The number of aliphatic hydroxyl groups excluding tert-OH is 1. The topological polar surface area (TPSA) is 117 Å². The van der Waals surface area contributed by atoms with Crippen molar-refractivity contribution in [2.45, 2.75) is 50.2 Å². The molecule has 0 unspecified atom stereocenters. The van der Waals surface area contributed by atoms with Crippen LogP contribution < -0.4 is 20.4 Å². The summed E-state index contributed by atoms with van der Waals surface area (Å²) < 4.78 is 14.2. The van der Waals surface area contributed by atoms with Crippen LogP contribution in [0.2, 0.25) is 18.6 Å². The quantitative estimate of drug-likeness (QED) is 0.130. The second kappa shape index (κ2) is 14.3. The highest BCUT2D eigenvalue weighted by Gasteiger charge is 2.66. The zero-order valence-electron chi connectivity index (χ0n) is 30.6. The Morgan fingerprint density at radius 3 is 2.43 bits per heavy atom. The number of rotatable bonds is 12. The number of nitrogens with zero attached hydrogens (tertiary/aromatic N) is 3. The first-order valence-corrected chi connectivity index (χ1v) is 21.1. The van der Waals surface area contributed by atoms with E-state index in [0.717, 1.165) is 16.5 Å². The summed E-state index contributed by atoms with van der Waals surface area (Å²) in [6.45, 7) is 11.2. The summed E-state index contributed by atoms with van der Waals surface area (Å²) in [6, 6.07) is 30.7. The Kier molecular flexibility index (Phi) is 9.75. The van der Waals surface area contributed by atoms with Gasteiger partial charge in [0.2, 0.25) is 5.91 Å². The standard InChI is InChI=1S/C42H46N4O6Si/c1-6-22-45-36-21-16-30(46-40(49)33-14-10-11-15-35(33)43-46)25-34(36)42(41(45)50)28(2)39(53(4,5)32-19-17-31(51-3)18-20-32)37(52-42)26-38(48)44(23-24-47)27-29-12-8-7-9-13-29/h6-21,25,28,37,39,43,47H,1,22-24,26-27H2,2-5H3/t28-,37+,39-,42+/m0/s1. The number of hydrogen-bond acceptors (Lipinski definition) is 6. The number of aromatic nitrogens is 2. The number of aromatic amines is 1. The summed E-state index contributed by atoms with van der Waals surface area (Å²) in [6.07, 6.45) is 1.10. The van der Waals surface area contributed by atoms with Crippen LogP contribution in [0.4, 0.5) is 5.69 Å². The summed E-state index contributed by atoms with van der Waals surface area (Å²) >= 11 is 0. The smallest absolute Gasteiger partial charge is 0.279 e. The van der Waals surface area contributed by atoms with Crippen LogP contribution >= 0.6 is 0 Å². The first-order valence-electron chi connectivity index (χ1n) is 18.1. The van der Waals surface area contributed by atoms with Gasteiger partial charge in [-0.05, 0) is 53.6 Å². The SMILES string of the molecule is C=CCN1C(=O)[C@]2(O[C@H](CC(=O)N(CCO)Cc3ccccc3)[C@@H]([Si](C)(C)c3ccc(OC)cc3)[C@@H]2C)c2cc(-n3[nH]c4ccccc4c3=O)ccc21. The molecule has 0 bridgehead atoms. The molecule has 2 N–H and O–H groups in total. The molecule has 1 fully saturated rings. The maximum Gasteiger partial charge on any atom is 0.279 e. The highest BCUT2D eigenvalue weighted by molar-refractivity contribution is 6.91. The molecular weight excluding hydrogens is 685 g/mol. The number of carbonyl (C=O) groups excluding carboxylic acids is 2. The molecule has 4 aromatic carbocycles. The van der Waals surface area contributed by atoms with Gasteiger partial charge in [-0.3, -0.25) is 19.5 Å². The molecule has 2 aliphatic rings. The summed E-state index contributed by atoms with van der Waals surface area (Å²) in [4.78, 5) is 46.3. The number of methoxy groups -OCH3 is 1. The molecule has 3 heterocycles. The number of aliphatic hydroxyl groups is 1. The van der Waals surface area contributed by atoms with E-state index in [1.807, 2.05) is 78.9 Å². The Labute approximate surface area is 310 Å². The van der Waals surface area contributed by atoms with E-state index in [9.17, 15) is 19.5 Å². The molecule has 0 aliphatic carbocycles. The minimum Gasteiger partial charge on any atom is -0.497 e. The molecule has 11 heteroatoms. The van der Waals surface area contributed by atoms with E-state index < -0.39 is 19.8 Å². The lowest BCUT2D eigenvalue weighted by Gasteiger charge is -2.37. The summed E-state index contributed by atoms with van der Waals surface area (Å²) in [5.74, 6) is 0.0173. The van der Waals surface area contributed by atoms with Gasteiger partial charge in [0.1, 0.15) is 5.75 Å². The van der Waals surface area contributed by atoms with Crippen LogP contribution in [-0.4, -0.2) is 72.6 Å². The van der Waals surface area contributed by atoms with Crippen LogP contribution in [0, 0.1) is 5.92 Å². The van der Waals surface area contributed by atoms with Gasteiger partial charge in [-0.1, -0.05) is 85.9 Å². The molecule has 1 spiro atoms. The lowest BCUT2D eigenvalue weighted by molar-refractivity contribution is -0.149. The lowest BCUT2D eigenvalue weighted by atomic mass is 9.82. The van der Waals surface area contributed by atoms with Crippen molar-refractivity contribution in [3.63, 3.8) is 0 Å². The monoisotopic (exact) mass is 730 g/mol. The van der Waals surface area contributed by atoms with Gasteiger partial charge < -0.3 is 24.4 Å². The van der Waals surface area contributed by atoms with Crippen LogP contribution in [0.5, 0.6) is 5.75 Å². The van der Waals surface area contributed by atoms with E-state index in [0.29, 0.717) is 34.4 Å². The van der Waals surface area contributed by atoms with Gasteiger partial charge in [0.25, 0.3) is 11.5 Å². The number of ether oxygens (including phenoxy) is 2. The van der Waals surface area contributed by atoms with Gasteiger partial charge in [-0.2, -0.15) is 0 Å². The molecule has 0 radical (unpaired) electrons. The van der Waals surface area contributed by atoms with Crippen molar-refractivity contribution in [2.75, 3.05) is 31.7 Å². The molecule has 53 heavy (non-hydrogen) atoms. The molecule has 2 amide bonds. The molecule has 4 atom stereocenters. The molecule has 0 saturated carbocycles. The van der Waals surface area contributed by atoms with Gasteiger partial charge in [0, 0.05) is 31.1 Å². The van der Waals surface area contributed by atoms with E-state index in [-0.39, 0.29) is 54.9 Å². The van der Waals surface area contributed by atoms with Crippen molar-refractivity contribution in [1.82, 2.24) is 14.7 Å². The average Bonchev–Trinajstić information content (AvgIpc) is 3.75. The van der Waals surface area contributed by atoms with Crippen molar-refractivity contribution < 1.29 is 24.2 Å². The predicted octanol–water partition coefficient (Wildman–Crippen LogP) is 5.49. The molecular formula is C42H46N4O6Si. The minimum atomic E-state index is -2.55. The number of H-pyrrole nitrogens is 1. The Bertz CT molecular complexity index is 2210. The second-order valence-electron chi connectivity index (χ2n) is 14.6. The van der Waals surface area contributed by atoms with Crippen LogP contribution in [0.3, 0.4) is 0 Å². The maximum atomic E-state index is 15.0. The summed E-state index contributed by atoms with van der Waals surface area (Å²) in [7, 11) is -0.910. The van der Waals surface area contributed by atoms with Crippen molar-refractivity contribution in [3.8, 4) is 11.4 Å². The Hall–Kier alpha value is -5.23. The number of carbonyl (C=O) groups is 2. The average molecular weight is 731 g/mol. The first-order chi connectivity index (χ1) is 25.5. The van der Waals surface area contributed by atoms with E-state index in [2.05, 4.69) is 43.8 Å². The highest BCUT2D eigenvalue weighted by atomic mass is 28.3. The first kappa shape index (κ1) is 36.1. The van der Waals surface area contributed by atoms with Crippen molar-refractivity contribution in [1.29, 1.82) is 0 Å². The fourth-order valence-electron chi connectivity index (χ4n) is 8.71. The Morgan fingerprint density at radius 2 is 1.75 bits per heavy atom. The fourth-order valence-corrected chi connectivity index (χ4v) is 12.7. The maximum absolute atomic E-state index is 15.0. The van der Waals surface area contributed by atoms with Gasteiger partial charge in [0.15, 0.2) is 5.60 Å². The number of benzene rings is 4. The number of anilines is 1. The van der Waals surface area contributed by atoms with Crippen LogP contribution in [0.1, 0.15) is 24.5 Å². The normalized spacial score (nSPS) is 21.0. The zero-order chi connectivity index (χ0) is 37.5. The number of fused-ring (bicyclic) bond motifs is 3. The zero-order valence-corrected chi connectivity index (χ0v) is 31.6. The van der Waals surface area contributed by atoms with Crippen molar-refractivity contribution >= 4 is 41.7 Å². The second-order valence-corrected chi connectivity index (χ2v) is 19.3. The largest absolute Gasteiger partial charge is 0.497 e. The van der Waals surface area contributed by atoms with Gasteiger partial charge in [0.05, 0.1) is 56.6 Å². The van der Waals surface area contributed by atoms with Gasteiger partial charge in [-0.25, -0.2) is 4.68 Å². The Morgan fingerprint density at radius 1 is 1.04 bits per heavy atom. The van der Waals surface area contributed by atoms with Crippen LogP contribution in [0.15, 0.2) is 115 Å². The number of amides is 2. The third kappa shape index (κ3) is 6.12. The molecule has 2 aliphatic heterocycles. The molecule has 7 rings (SSSR count). The lowest BCUT2D eigenvalue weighted by Crippen LogP contribution is -2.52. The van der Waals surface area contributed by atoms with E-state index in [1.165, 1.54) is 4.68 Å². The predicted molar refractivity (Wildman–Crippen MR) is 210 cm³/mol.